The molecule has 2 heterocycles. The first-order valence-corrected chi connectivity index (χ1v) is 14.3. The van der Waals surface area contributed by atoms with E-state index < -0.39 is 0 Å². The summed E-state index contributed by atoms with van der Waals surface area (Å²) < 4.78 is 0. The van der Waals surface area contributed by atoms with E-state index in [0.29, 0.717) is 0 Å². The van der Waals surface area contributed by atoms with Crippen molar-refractivity contribution in [3.63, 3.8) is 0 Å². The molecule has 0 saturated heterocycles. The van der Waals surface area contributed by atoms with Gasteiger partial charge in [-0.25, -0.2) is 0 Å². The molecule has 4 nitrogen and oxygen atoms in total. The van der Waals surface area contributed by atoms with Crippen LogP contribution in [-0.4, -0.2) is 20.2 Å². The molecule has 0 saturated carbocycles. The number of halogens is 2. The molecule has 2 aromatic heterocycles. The van der Waals surface area contributed by atoms with Crippen LogP contribution in [0.5, 0.6) is 0 Å². The molecule has 7 heteroatoms. The van der Waals surface area contributed by atoms with E-state index in [0.717, 1.165) is 21.9 Å². The van der Waals surface area contributed by atoms with Crippen LogP contribution in [0.3, 0.4) is 0 Å². The van der Waals surface area contributed by atoms with Crippen LogP contribution >= 0.6 is 39.0 Å². The summed E-state index contributed by atoms with van der Waals surface area (Å²) in [6.45, 7) is 0.154. The van der Waals surface area contributed by atoms with Gasteiger partial charge in [0.1, 0.15) is 0 Å². The van der Waals surface area contributed by atoms with Crippen LogP contribution in [0.15, 0.2) is 49.1 Å². The van der Waals surface area contributed by atoms with Gasteiger partial charge in [0.2, 0.25) is 0 Å². The minimum absolute atomic E-state index is 0.0772. The van der Waals surface area contributed by atoms with Crippen LogP contribution in [0.1, 0.15) is 11.1 Å². The van der Waals surface area contributed by atoms with Gasteiger partial charge in [0.15, 0.2) is 0 Å². The van der Waals surface area contributed by atoms with Crippen LogP contribution in [0.2, 0.25) is 0 Å². The topological polar surface area (TPSA) is 66.2 Å². The Labute approximate surface area is 142 Å². The van der Waals surface area contributed by atoms with Crippen LogP contribution in [0.25, 0.3) is 0 Å². The summed E-state index contributed by atoms with van der Waals surface area (Å²) in [7, 11) is 0.890. The number of nitrogens with zero attached hydrogens (tertiary/aromatic N) is 2. The summed E-state index contributed by atoms with van der Waals surface area (Å²) in [5, 5.41) is 17.0. The summed E-state index contributed by atoms with van der Waals surface area (Å²) in [6, 6.07) is 7.25. The Morgan fingerprint density at radius 2 is 1.26 bits per heavy atom. The molecule has 0 spiro atoms. The van der Waals surface area contributed by atoms with Crippen molar-refractivity contribution in [1.82, 2.24) is 9.97 Å². The van der Waals surface area contributed by atoms with Gasteiger partial charge in [-0.3, -0.25) is 9.97 Å². The zero-order valence-electron chi connectivity index (χ0n) is 9.89. The molecule has 0 aromatic carbocycles. The number of hydrogen-bond donors (Lipinski definition) is 2. The van der Waals surface area contributed by atoms with Crippen molar-refractivity contribution >= 4 is 39.0 Å². The third-order valence-corrected chi connectivity index (χ3v) is 1.81. The van der Waals surface area contributed by atoms with E-state index in [1.807, 2.05) is 12.1 Å². The van der Waals surface area contributed by atoms with Crippen molar-refractivity contribution in [3.8, 4) is 0 Å². The molecule has 0 amide bonds. The fourth-order valence-electron chi connectivity index (χ4n) is 0.983. The summed E-state index contributed by atoms with van der Waals surface area (Å²) >= 11 is 4.65. The molecule has 0 bridgehead atoms. The molecular formula is C12H14I2N2O2Pd. The van der Waals surface area contributed by atoms with E-state index >= 15 is 0 Å². The van der Waals surface area contributed by atoms with Gasteiger partial charge in [-0.2, -0.15) is 0 Å². The van der Waals surface area contributed by atoms with Gasteiger partial charge < -0.3 is 10.2 Å². The number of aliphatic hydroxyl groups excluding tert-OH is 2. The Balaban J connectivity index is 0.000000284. The predicted octanol–water partition coefficient (Wildman–Crippen LogP) is 2.92. The van der Waals surface area contributed by atoms with Gasteiger partial charge >= 0.3 is 49.8 Å². The third kappa shape index (κ3) is 11.8. The number of rotatable bonds is 2. The standard InChI is InChI=1S/2C6H7NO.2HI.Pd/c2*8-5-6-2-1-3-7-4-6;;;/h2*1-4,8H,5H2;2*1H;/q;;;;+2/p-2. The molecule has 0 fully saturated rings. The fraction of sp³-hybridized carbons (Fsp3) is 0.167. The molecule has 0 aliphatic heterocycles. The van der Waals surface area contributed by atoms with E-state index in [1.165, 1.54) is 0 Å². The second-order valence-corrected chi connectivity index (χ2v) is 15.1. The molecular weight excluding hydrogens is 564 g/mol. The van der Waals surface area contributed by atoms with E-state index in [1.54, 1.807) is 36.9 Å². The van der Waals surface area contributed by atoms with Gasteiger partial charge in [-0.1, -0.05) is 12.1 Å². The minimum atomic E-state index is 0.0772. The first-order chi connectivity index (χ1) is 9.28. The maximum absolute atomic E-state index is 8.50. The van der Waals surface area contributed by atoms with Crippen molar-refractivity contribution in [2.45, 2.75) is 13.2 Å². The Bertz CT molecular complexity index is 367. The van der Waals surface area contributed by atoms with Crippen LogP contribution in [0, 0.1) is 0 Å². The molecule has 108 valence electrons. The van der Waals surface area contributed by atoms with E-state index in [4.69, 9.17) is 10.2 Å². The number of aromatic nitrogens is 2. The zero-order chi connectivity index (χ0) is 14.3. The average Bonchev–Trinajstić information content (AvgIpc) is 2.50. The average molecular weight is 578 g/mol. The van der Waals surface area contributed by atoms with Crippen LogP contribution < -0.4 is 0 Å². The first-order valence-electron chi connectivity index (χ1n) is 5.10. The molecule has 19 heavy (non-hydrogen) atoms. The Hall–Kier alpha value is 0.342. The van der Waals surface area contributed by atoms with Crippen molar-refractivity contribution in [3.05, 3.63) is 60.2 Å². The fourth-order valence-corrected chi connectivity index (χ4v) is 0.983. The summed E-state index contributed by atoms with van der Waals surface area (Å²) in [5.74, 6) is 0. The van der Waals surface area contributed by atoms with Gasteiger partial charge in [0.25, 0.3) is 0 Å². The van der Waals surface area contributed by atoms with Crippen LogP contribution in [0.4, 0.5) is 0 Å². The monoisotopic (exact) mass is 578 g/mol. The Morgan fingerprint density at radius 3 is 1.42 bits per heavy atom. The molecule has 0 radical (unpaired) electrons. The molecule has 0 aliphatic carbocycles. The second kappa shape index (κ2) is 14.7. The summed E-state index contributed by atoms with van der Waals surface area (Å²) in [5.41, 5.74) is 1.71. The maximum atomic E-state index is 8.50. The SMILES string of the molecule is OCc1cccnc1.OCc1cccnc1.[I][Pd][I]. The molecule has 2 aromatic rings. The predicted molar refractivity (Wildman–Crippen MR) is 88.4 cm³/mol. The molecule has 0 aliphatic rings. The zero-order valence-corrected chi connectivity index (χ0v) is 15.8. The Kier molecular flexibility index (Phi) is 15.0. The third-order valence-electron chi connectivity index (χ3n) is 1.81. The first kappa shape index (κ1) is 19.3. The molecule has 2 N–H and O–H groups in total. The summed E-state index contributed by atoms with van der Waals surface area (Å²) in [4.78, 5) is 7.59. The van der Waals surface area contributed by atoms with Crippen LogP contribution in [-0.2, 0) is 24.0 Å². The van der Waals surface area contributed by atoms with Gasteiger partial charge in [-0.05, 0) is 23.3 Å². The van der Waals surface area contributed by atoms with E-state index in [9.17, 15) is 0 Å². The number of pyridine rings is 2. The van der Waals surface area contributed by atoms with Crippen molar-refractivity contribution in [2.24, 2.45) is 0 Å². The molecule has 0 unspecified atom stereocenters. The van der Waals surface area contributed by atoms with E-state index in [-0.39, 0.29) is 13.2 Å². The molecule has 0 atom stereocenters. The quantitative estimate of drug-likeness (QED) is 0.425. The van der Waals surface area contributed by atoms with Gasteiger partial charge in [0, 0.05) is 24.8 Å². The molecule has 2 rings (SSSR count). The van der Waals surface area contributed by atoms with Crippen molar-refractivity contribution in [2.75, 3.05) is 0 Å². The normalized spacial score (nSPS) is 8.84. The summed E-state index contributed by atoms with van der Waals surface area (Å²) in [6.07, 6.45) is 6.64. The van der Waals surface area contributed by atoms with Gasteiger partial charge in [0.05, 0.1) is 13.2 Å². The second-order valence-electron chi connectivity index (χ2n) is 3.08. The Morgan fingerprint density at radius 1 is 0.895 bits per heavy atom. The number of aliphatic hydroxyl groups is 2. The van der Waals surface area contributed by atoms with E-state index in [2.05, 4.69) is 49.0 Å². The van der Waals surface area contributed by atoms with Crippen molar-refractivity contribution in [1.29, 1.82) is 0 Å². The van der Waals surface area contributed by atoms with Gasteiger partial charge in [-0.15, -0.1) is 0 Å². The number of hydrogen-bond acceptors (Lipinski definition) is 4. The van der Waals surface area contributed by atoms with Crippen molar-refractivity contribution < 1.29 is 21.0 Å².